The predicted molar refractivity (Wildman–Crippen MR) is 70.7 cm³/mol. The molecule has 0 bridgehead atoms. The first-order valence-corrected chi connectivity index (χ1v) is 5.61. The zero-order valence-electron chi connectivity index (χ0n) is 11.0. The molecule has 2 aromatic rings. The summed E-state index contributed by atoms with van der Waals surface area (Å²) >= 11 is 0. The molecule has 0 radical (unpaired) electrons. The van der Waals surface area contributed by atoms with E-state index in [4.69, 9.17) is 4.52 Å². The molecule has 0 aliphatic rings. The Balaban J connectivity index is 0.00000162. The van der Waals surface area contributed by atoms with Crippen LogP contribution in [0.3, 0.4) is 0 Å². The summed E-state index contributed by atoms with van der Waals surface area (Å²) in [5.41, 5.74) is 1.78. The molecule has 1 unspecified atom stereocenters. The van der Waals surface area contributed by atoms with Crippen molar-refractivity contribution in [1.29, 1.82) is 0 Å². The molecular formula is C11H18ClN5O. The second-order valence-electron chi connectivity index (χ2n) is 4.20. The average molecular weight is 272 g/mol. The highest BCUT2D eigenvalue weighted by atomic mass is 35.5. The van der Waals surface area contributed by atoms with E-state index in [0.717, 1.165) is 17.8 Å². The van der Waals surface area contributed by atoms with Crippen molar-refractivity contribution in [2.75, 3.05) is 7.05 Å². The number of hydrogen-bond donors (Lipinski definition) is 1. The third-order valence-corrected chi connectivity index (χ3v) is 2.78. The molecule has 0 aromatic carbocycles. The summed E-state index contributed by atoms with van der Waals surface area (Å²) in [7, 11) is 3.80. The van der Waals surface area contributed by atoms with Gasteiger partial charge in [-0.05, 0) is 27.0 Å². The quantitative estimate of drug-likeness (QED) is 0.909. The maximum atomic E-state index is 5.20. The van der Waals surface area contributed by atoms with Crippen molar-refractivity contribution < 1.29 is 4.52 Å². The highest BCUT2D eigenvalue weighted by Gasteiger charge is 2.13. The molecule has 2 aromatic heterocycles. The Morgan fingerprint density at radius 2 is 2.22 bits per heavy atom. The summed E-state index contributed by atoms with van der Waals surface area (Å²) < 4.78 is 6.99. The molecule has 6 nitrogen and oxygen atoms in total. The Kier molecular flexibility index (Phi) is 4.86. The number of nitrogens with zero attached hydrogens (tertiary/aromatic N) is 4. The van der Waals surface area contributed by atoms with Crippen LogP contribution in [0.25, 0.3) is 11.6 Å². The number of halogens is 1. The number of aromatic nitrogens is 4. The van der Waals surface area contributed by atoms with Gasteiger partial charge in [0.2, 0.25) is 0 Å². The molecule has 0 aliphatic carbocycles. The minimum Gasteiger partial charge on any atom is -0.332 e. The SMILES string of the molecule is CNC(C)Cc1noc(-c2cc(C)n(C)n2)n1.Cl. The molecule has 0 spiro atoms. The van der Waals surface area contributed by atoms with Gasteiger partial charge in [-0.2, -0.15) is 10.1 Å². The Hall–Kier alpha value is -1.40. The number of likely N-dealkylation sites (N-methyl/N-ethyl adjacent to an activating group) is 1. The largest absolute Gasteiger partial charge is 0.332 e. The van der Waals surface area contributed by atoms with Gasteiger partial charge in [0.25, 0.3) is 5.89 Å². The first kappa shape index (κ1) is 14.7. The standard InChI is InChI=1S/C11H17N5O.ClH/c1-7(12-3)5-10-13-11(17-15-10)9-6-8(2)16(4)14-9;/h6-7,12H,5H2,1-4H3;1H. The minimum atomic E-state index is 0. The normalized spacial score (nSPS) is 12.2. The van der Waals surface area contributed by atoms with Gasteiger partial charge in [-0.15, -0.1) is 12.4 Å². The smallest absolute Gasteiger partial charge is 0.278 e. The van der Waals surface area contributed by atoms with Crippen molar-refractivity contribution >= 4 is 12.4 Å². The number of aryl methyl sites for hydroxylation is 2. The second kappa shape index (κ2) is 5.97. The van der Waals surface area contributed by atoms with Gasteiger partial charge in [-0.3, -0.25) is 4.68 Å². The van der Waals surface area contributed by atoms with E-state index in [0.29, 0.717) is 17.8 Å². The lowest BCUT2D eigenvalue weighted by molar-refractivity contribution is 0.416. The van der Waals surface area contributed by atoms with Crippen LogP contribution in [0, 0.1) is 6.92 Å². The Morgan fingerprint density at radius 3 is 2.78 bits per heavy atom. The third-order valence-electron chi connectivity index (χ3n) is 2.78. The minimum absolute atomic E-state index is 0. The molecule has 1 N–H and O–H groups in total. The van der Waals surface area contributed by atoms with Gasteiger partial charge in [0.15, 0.2) is 11.5 Å². The first-order chi connectivity index (χ1) is 8.10. The average Bonchev–Trinajstić information content (AvgIpc) is 2.87. The summed E-state index contributed by atoms with van der Waals surface area (Å²) in [5.74, 6) is 1.18. The first-order valence-electron chi connectivity index (χ1n) is 5.61. The van der Waals surface area contributed by atoms with E-state index in [9.17, 15) is 0 Å². The molecule has 1 atom stereocenters. The Morgan fingerprint density at radius 1 is 1.50 bits per heavy atom. The van der Waals surface area contributed by atoms with Gasteiger partial charge < -0.3 is 9.84 Å². The van der Waals surface area contributed by atoms with E-state index in [1.165, 1.54) is 0 Å². The van der Waals surface area contributed by atoms with Gasteiger partial charge in [0, 0.05) is 25.2 Å². The molecular weight excluding hydrogens is 254 g/mol. The lowest BCUT2D eigenvalue weighted by Gasteiger charge is -2.04. The lowest BCUT2D eigenvalue weighted by atomic mass is 10.2. The van der Waals surface area contributed by atoms with Crippen molar-refractivity contribution in [3.05, 3.63) is 17.6 Å². The monoisotopic (exact) mass is 271 g/mol. The molecule has 0 amide bonds. The van der Waals surface area contributed by atoms with Crippen LogP contribution in [0.5, 0.6) is 0 Å². The third kappa shape index (κ3) is 3.08. The van der Waals surface area contributed by atoms with Crippen LogP contribution in [-0.4, -0.2) is 33.0 Å². The molecule has 0 aliphatic heterocycles. The number of nitrogens with one attached hydrogen (secondary N) is 1. The maximum Gasteiger partial charge on any atom is 0.278 e. The summed E-state index contributed by atoms with van der Waals surface area (Å²) in [6.07, 6.45) is 0.742. The van der Waals surface area contributed by atoms with E-state index in [1.807, 2.05) is 27.1 Å². The Bertz CT molecular complexity index is 488. The van der Waals surface area contributed by atoms with Crippen LogP contribution in [0.15, 0.2) is 10.6 Å². The fourth-order valence-corrected chi connectivity index (χ4v) is 1.48. The van der Waals surface area contributed by atoms with E-state index >= 15 is 0 Å². The molecule has 0 saturated carbocycles. The number of hydrogen-bond acceptors (Lipinski definition) is 5. The molecule has 100 valence electrons. The summed E-state index contributed by atoms with van der Waals surface area (Å²) in [6.45, 7) is 4.05. The van der Waals surface area contributed by atoms with Crippen LogP contribution in [0.1, 0.15) is 18.4 Å². The Labute approximate surface area is 112 Å². The lowest BCUT2D eigenvalue weighted by Crippen LogP contribution is -2.24. The second-order valence-corrected chi connectivity index (χ2v) is 4.20. The molecule has 2 heterocycles. The van der Waals surface area contributed by atoms with Crippen molar-refractivity contribution in [1.82, 2.24) is 25.2 Å². The van der Waals surface area contributed by atoms with Crippen molar-refractivity contribution in [2.45, 2.75) is 26.3 Å². The highest BCUT2D eigenvalue weighted by Crippen LogP contribution is 2.16. The maximum absolute atomic E-state index is 5.20. The van der Waals surface area contributed by atoms with E-state index in [2.05, 4.69) is 27.5 Å². The topological polar surface area (TPSA) is 68.8 Å². The van der Waals surface area contributed by atoms with Gasteiger partial charge in [-0.1, -0.05) is 5.16 Å². The fraction of sp³-hybridized carbons (Fsp3) is 0.545. The molecule has 7 heteroatoms. The molecule has 18 heavy (non-hydrogen) atoms. The van der Waals surface area contributed by atoms with Crippen LogP contribution in [0.2, 0.25) is 0 Å². The highest BCUT2D eigenvalue weighted by molar-refractivity contribution is 5.85. The van der Waals surface area contributed by atoms with Crippen LogP contribution < -0.4 is 5.32 Å². The van der Waals surface area contributed by atoms with Gasteiger partial charge in [0.05, 0.1) is 0 Å². The van der Waals surface area contributed by atoms with Crippen molar-refractivity contribution in [3.63, 3.8) is 0 Å². The number of rotatable bonds is 4. The van der Waals surface area contributed by atoms with E-state index in [1.54, 1.807) is 4.68 Å². The van der Waals surface area contributed by atoms with Crippen molar-refractivity contribution in [3.8, 4) is 11.6 Å². The summed E-state index contributed by atoms with van der Waals surface area (Å²) in [4.78, 5) is 4.33. The predicted octanol–water partition coefficient (Wildman–Crippen LogP) is 1.35. The molecule has 2 rings (SSSR count). The van der Waals surface area contributed by atoms with Gasteiger partial charge >= 0.3 is 0 Å². The van der Waals surface area contributed by atoms with E-state index < -0.39 is 0 Å². The molecule has 0 saturated heterocycles. The molecule has 0 fully saturated rings. The van der Waals surface area contributed by atoms with Crippen LogP contribution >= 0.6 is 12.4 Å². The summed E-state index contributed by atoms with van der Waals surface area (Å²) in [6, 6.07) is 2.25. The summed E-state index contributed by atoms with van der Waals surface area (Å²) in [5, 5.41) is 11.4. The van der Waals surface area contributed by atoms with Crippen LogP contribution in [0.4, 0.5) is 0 Å². The van der Waals surface area contributed by atoms with Crippen LogP contribution in [-0.2, 0) is 13.5 Å². The zero-order chi connectivity index (χ0) is 12.4. The van der Waals surface area contributed by atoms with E-state index in [-0.39, 0.29) is 12.4 Å². The van der Waals surface area contributed by atoms with Gasteiger partial charge in [0.1, 0.15) is 0 Å². The van der Waals surface area contributed by atoms with Gasteiger partial charge in [-0.25, -0.2) is 0 Å². The fourth-order valence-electron chi connectivity index (χ4n) is 1.48. The van der Waals surface area contributed by atoms with Crippen molar-refractivity contribution in [2.24, 2.45) is 7.05 Å². The zero-order valence-corrected chi connectivity index (χ0v) is 11.8.